The number of carbonyl (C=O) groups is 2. The molecule has 2 aliphatic rings. The molecule has 2 aromatic carbocycles. The quantitative estimate of drug-likeness (QED) is 0.725. The van der Waals surface area contributed by atoms with E-state index < -0.39 is 0 Å². The maximum Gasteiger partial charge on any atom is 0.251 e. The lowest BCUT2D eigenvalue weighted by Gasteiger charge is -2.30. The summed E-state index contributed by atoms with van der Waals surface area (Å²) in [6.45, 7) is 0.575. The molecule has 6 nitrogen and oxygen atoms in total. The summed E-state index contributed by atoms with van der Waals surface area (Å²) in [5, 5.41) is 2.90. The van der Waals surface area contributed by atoms with Crippen molar-refractivity contribution < 1.29 is 19.1 Å². The van der Waals surface area contributed by atoms with Gasteiger partial charge in [-0.3, -0.25) is 9.59 Å². The molecule has 2 aromatic rings. The third-order valence-corrected chi connectivity index (χ3v) is 6.03. The number of fused-ring (bicyclic) bond motifs is 1. The lowest BCUT2D eigenvalue weighted by atomic mass is 9.88. The molecule has 1 fully saturated rings. The highest BCUT2D eigenvalue weighted by molar-refractivity contribution is 6.05. The van der Waals surface area contributed by atoms with Crippen molar-refractivity contribution in [2.45, 2.75) is 44.7 Å². The number of amides is 2. The van der Waals surface area contributed by atoms with E-state index in [1.54, 1.807) is 32.4 Å². The Hall–Kier alpha value is -3.28. The smallest absolute Gasteiger partial charge is 0.251 e. The molecule has 31 heavy (non-hydrogen) atoms. The van der Waals surface area contributed by atoms with Crippen LogP contribution in [0, 0.1) is 0 Å². The molecular weight excluding hydrogens is 392 g/mol. The molecule has 1 N–H and O–H groups in total. The second kappa shape index (κ2) is 9.25. The number of carbonyl (C=O) groups excluding carboxylic acids is 2. The Morgan fingerprint density at radius 2 is 1.77 bits per heavy atom. The molecule has 0 radical (unpaired) electrons. The first kappa shape index (κ1) is 21.0. The highest BCUT2D eigenvalue weighted by Crippen LogP contribution is 2.39. The number of anilines is 1. The van der Waals surface area contributed by atoms with Gasteiger partial charge < -0.3 is 19.7 Å². The van der Waals surface area contributed by atoms with E-state index >= 15 is 0 Å². The number of rotatable bonds is 7. The van der Waals surface area contributed by atoms with E-state index in [0.29, 0.717) is 29.3 Å². The third-order valence-electron chi connectivity index (χ3n) is 6.03. The van der Waals surface area contributed by atoms with Crippen LogP contribution in [0.3, 0.4) is 0 Å². The Labute approximate surface area is 182 Å². The number of nitrogens with zero attached hydrogens (tertiary/aromatic N) is 1. The van der Waals surface area contributed by atoms with Gasteiger partial charge in [-0.15, -0.1) is 0 Å². The molecule has 1 aliphatic heterocycles. The number of benzene rings is 2. The highest BCUT2D eigenvalue weighted by Gasteiger charge is 2.40. The predicted molar refractivity (Wildman–Crippen MR) is 119 cm³/mol. The molecule has 1 atom stereocenters. The normalized spacial score (nSPS) is 18.1. The van der Waals surface area contributed by atoms with Gasteiger partial charge in [-0.2, -0.15) is 0 Å². The summed E-state index contributed by atoms with van der Waals surface area (Å²) < 4.78 is 10.5. The molecule has 4 rings (SSSR count). The van der Waals surface area contributed by atoms with E-state index in [2.05, 4.69) is 5.32 Å². The monoisotopic (exact) mass is 420 g/mol. The van der Waals surface area contributed by atoms with E-state index in [4.69, 9.17) is 9.47 Å². The Balaban J connectivity index is 1.51. The van der Waals surface area contributed by atoms with Gasteiger partial charge in [0, 0.05) is 36.0 Å². The molecule has 1 saturated carbocycles. The van der Waals surface area contributed by atoms with Gasteiger partial charge in [-0.05, 0) is 30.4 Å². The topological polar surface area (TPSA) is 67.9 Å². The molecule has 1 heterocycles. The molecule has 162 valence electrons. The van der Waals surface area contributed by atoms with Gasteiger partial charge in [0.25, 0.3) is 5.91 Å². The number of hydrogen-bond acceptors (Lipinski definition) is 4. The third kappa shape index (κ3) is 4.58. The second-order valence-electron chi connectivity index (χ2n) is 8.01. The van der Waals surface area contributed by atoms with Crippen molar-refractivity contribution in [1.82, 2.24) is 4.90 Å². The van der Waals surface area contributed by atoms with Crippen molar-refractivity contribution in [3.8, 4) is 11.5 Å². The van der Waals surface area contributed by atoms with Crippen molar-refractivity contribution >= 4 is 17.5 Å². The summed E-state index contributed by atoms with van der Waals surface area (Å²) in [5.74, 6) is 0.964. The minimum Gasteiger partial charge on any atom is -0.497 e. The van der Waals surface area contributed by atoms with Crippen LogP contribution >= 0.6 is 0 Å². The standard InChI is InChI=1S/C25H28N2O4/c1-30-19-12-18(13-20(14-19)31-2)26-24(28)15-22-21-10-6-7-11-23(21)27(25(22)29)16-17-8-4-3-5-9-17/h3-5,8-9,12-14,23H,6-7,10-11,15-16H2,1-2H3,(H,26,28). The molecule has 2 amide bonds. The first-order valence-corrected chi connectivity index (χ1v) is 10.7. The van der Waals surface area contributed by atoms with E-state index in [0.717, 1.165) is 36.8 Å². The zero-order valence-electron chi connectivity index (χ0n) is 18.0. The fourth-order valence-corrected chi connectivity index (χ4v) is 4.54. The molecule has 0 saturated heterocycles. The van der Waals surface area contributed by atoms with Gasteiger partial charge in [0.2, 0.25) is 5.91 Å². The number of hydrogen-bond donors (Lipinski definition) is 1. The Morgan fingerprint density at radius 1 is 1.06 bits per heavy atom. The molecule has 1 unspecified atom stereocenters. The van der Waals surface area contributed by atoms with Crippen molar-refractivity contribution in [2.75, 3.05) is 19.5 Å². The highest BCUT2D eigenvalue weighted by atomic mass is 16.5. The maximum absolute atomic E-state index is 13.3. The van der Waals surface area contributed by atoms with E-state index in [-0.39, 0.29) is 24.3 Å². The summed E-state index contributed by atoms with van der Waals surface area (Å²) >= 11 is 0. The van der Waals surface area contributed by atoms with Crippen LogP contribution in [0.2, 0.25) is 0 Å². The Morgan fingerprint density at radius 3 is 2.45 bits per heavy atom. The average Bonchev–Trinajstić information content (AvgIpc) is 3.05. The van der Waals surface area contributed by atoms with Crippen LogP contribution in [0.1, 0.15) is 37.7 Å². The summed E-state index contributed by atoms with van der Waals surface area (Å²) in [5.41, 5.74) is 3.49. The van der Waals surface area contributed by atoms with Crippen molar-refractivity contribution in [3.63, 3.8) is 0 Å². The largest absolute Gasteiger partial charge is 0.497 e. The van der Waals surface area contributed by atoms with Crippen LogP contribution in [0.5, 0.6) is 11.5 Å². The number of nitrogens with one attached hydrogen (secondary N) is 1. The first-order valence-electron chi connectivity index (χ1n) is 10.7. The van der Waals surface area contributed by atoms with Crippen LogP contribution in [0.15, 0.2) is 59.7 Å². The Kier molecular flexibility index (Phi) is 6.26. The zero-order chi connectivity index (χ0) is 21.8. The van der Waals surface area contributed by atoms with E-state index in [9.17, 15) is 9.59 Å². The second-order valence-corrected chi connectivity index (χ2v) is 8.01. The van der Waals surface area contributed by atoms with Crippen molar-refractivity contribution in [1.29, 1.82) is 0 Å². The lowest BCUT2D eigenvalue weighted by molar-refractivity contribution is -0.129. The van der Waals surface area contributed by atoms with E-state index in [1.165, 1.54) is 0 Å². The number of ether oxygens (including phenoxy) is 2. The van der Waals surface area contributed by atoms with Crippen LogP contribution in [0.25, 0.3) is 0 Å². The fraction of sp³-hybridized carbons (Fsp3) is 0.360. The minimum atomic E-state index is -0.211. The van der Waals surface area contributed by atoms with Crippen LogP contribution < -0.4 is 14.8 Å². The SMILES string of the molecule is COc1cc(NC(=O)CC2=C3CCCCC3N(Cc3ccccc3)C2=O)cc(OC)c1. The van der Waals surface area contributed by atoms with Crippen molar-refractivity contribution in [3.05, 3.63) is 65.2 Å². The van der Waals surface area contributed by atoms with Gasteiger partial charge in [0.1, 0.15) is 11.5 Å². The van der Waals surface area contributed by atoms with E-state index in [1.807, 2.05) is 35.2 Å². The average molecular weight is 421 g/mol. The van der Waals surface area contributed by atoms with Gasteiger partial charge in [-0.25, -0.2) is 0 Å². The summed E-state index contributed by atoms with van der Waals surface area (Å²) in [7, 11) is 3.13. The molecular formula is C25H28N2O4. The van der Waals surface area contributed by atoms with Gasteiger partial charge in [0.05, 0.1) is 26.7 Å². The summed E-state index contributed by atoms with van der Waals surface area (Å²) in [4.78, 5) is 28.1. The fourth-order valence-electron chi connectivity index (χ4n) is 4.54. The van der Waals surface area contributed by atoms with Gasteiger partial charge in [-0.1, -0.05) is 36.8 Å². The predicted octanol–water partition coefficient (Wildman–Crippen LogP) is 4.31. The Bertz CT molecular complexity index is 978. The summed E-state index contributed by atoms with van der Waals surface area (Å²) in [6.07, 6.45) is 4.10. The molecule has 0 aromatic heterocycles. The first-order chi connectivity index (χ1) is 15.1. The van der Waals surface area contributed by atoms with Crippen molar-refractivity contribution in [2.24, 2.45) is 0 Å². The van der Waals surface area contributed by atoms with Gasteiger partial charge >= 0.3 is 0 Å². The molecule has 6 heteroatoms. The lowest BCUT2D eigenvalue weighted by Crippen LogP contribution is -2.36. The van der Waals surface area contributed by atoms with Crippen LogP contribution in [-0.4, -0.2) is 37.0 Å². The minimum absolute atomic E-state index is 0.0101. The maximum atomic E-state index is 13.3. The zero-order valence-corrected chi connectivity index (χ0v) is 18.0. The van der Waals surface area contributed by atoms with Crippen LogP contribution in [-0.2, 0) is 16.1 Å². The van der Waals surface area contributed by atoms with Gasteiger partial charge in [0.15, 0.2) is 0 Å². The number of methoxy groups -OCH3 is 2. The summed E-state index contributed by atoms with van der Waals surface area (Å²) in [6, 6.07) is 15.4. The molecule has 0 bridgehead atoms. The molecule has 0 spiro atoms. The molecule has 1 aliphatic carbocycles. The van der Waals surface area contributed by atoms with Crippen LogP contribution in [0.4, 0.5) is 5.69 Å².